The van der Waals surface area contributed by atoms with E-state index in [0.717, 1.165) is 0 Å². The van der Waals surface area contributed by atoms with Crippen LogP contribution in [0.25, 0.3) is 0 Å². The van der Waals surface area contributed by atoms with Gasteiger partial charge in [-0.1, -0.05) is 0 Å². The van der Waals surface area contributed by atoms with E-state index in [1.54, 1.807) is 0 Å². The summed E-state index contributed by atoms with van der Waals surface area (Å²) >= 11 is 5.70. The van der Waals surface area contributed by atoms with Gasteiger partial charge in [-0.15, -0.1) is 0 Å². The van der Waals surface area contributed by atoms with Gasteiger partial charge in [-0.25, -0.2) is 0 Å². The molecule has 1 heterocycles. The predicted molar refractivity (Wildman–Crippen MR) is 72.4 cm³/mol. The van der Waals surface area contributed by atoms with Gasteiger partial charge in [-0.2, -0.15) is 15.0 Å². The van der Waals surface area contributed by atoms with Gasteiger partial charge in [0.15, 0.2) is 0 Å². The minimum Gasteiger partial charge on any atom is -0.467 e. The molecule has 0 unspecified atom stereocenters. The van der Waals surface area contributed by atoms with Crippen LogP contribution < -0.4 is 15.4 Å². The number of halogens is 1. The molecule has 2 N–H and O–H groups in total. The normalized spacial score (nSPS) is 11.0. The lowest BCUT2D eigenvalue weighted by atomic mass is 10.1. The SMILES string of the molecule is COc1nc(Cl)nc(NCCC(=O)NC(C)(C)C)n1. The molecule has 1 rings (SSSR count). The molecule has 19 heavy (non-hydrogen) atoms. The smallest absolute Gasteiger partial charge is 0.322 e. The molecule has 0 aliphatic carbocycles. The van der Waals surface area contributed by atoms with Gasteiger partial charge in [0.1, 0.15) is 0 Å². The van der Waals surface area contributed by atoms with Crippen LogP contribution in [0.4, 0.5) is 5.95 Å². The Bertz CT molecular complexity index is 447. The van der Waals surface area contributed by atoms with Crippen molar-refractivity contribution in [1.29, 1.82) is 0 Å². The molecule has 0 aliphatic heterocycles. The highest BCUT2D eigenvalue weighted by Crippen LogP contribution is 2.10. The second-order valence-corrected chi connectivity index (χ2v) is 5.23. The minimum atomic E-state index is -0.239. The van der Waals surface area contributed by atoms with Gasteiger partial charge < -0.3 is 15.4 Å². The molecule has 0 fully saturated rings. The zero-order valence-corrected chi connectivity index (χ0v) is 12.2. The number of rotatable bonds is 5. The van der Waals surface area contributed by atoms with Crippen molar-refractivity contribution in [2.75, 3.05) is 19.0 Å². The fourth-order valence-corrected chi connectivity index (χ4v) is 1.42. The Morgan fingerprint density at radius 1 is 1.32 bits per heavy atom. The highest BCUT2D eigenvalue weighted by Gasteiger charge is 2.13. The fourth-order valence-electron chi connectivity index (χ4n) is 1.27. The molecule has 1 aromatic rings. The maximum Gasteiger partial charge on any atom is 0.322 e. The van der Waals surface area contributed by atoms with Gasteiger partial charge >= 0.3 is 6.01 Å². The van der Waals surface area contributed by atoms with Gasteiger partial charge in [0.25, 0.3) is 0 Å². The van der Waals surface area contributed by atoms with Gasteiger partial charge in [-0.05, 0) is 32.4 Å². The van der Waals surface area contributed by atoms with E-state index >= 15 is 0 Å². The lowest BCUT2D eigenvalue weighted by Gasteiger charge is -2.20. The Balaban J connectivity index is 2.45. The third-order valence-corrected chi connectivity index (χ3v) is 2.09. The van der Waals surface area contributed by atoms with E-state index in [1.165, 1.54) is 7.11 Å². The Morgan fingerprint density at radius 3 is 2.58 bits per heavy atom. The van der Waals surface area contributed by atoms with Crippen molar-refractivity contribution in [1.82, 2.24) is 20.3 Å². The molecule has 0 atom stereocenters. The van der Waals surface area contributed by atoms with Crippen LogP contribution in [0, 0.1) is 0 Å². The molecular weight excluding hydrogens is 270 g/mol. The van der Waals surface area contributed by atoms with Crippen LogP contribution in [0.3, 0.4) is 0 Å². The molecule has 0 saturated carbocycles. The molecule has 0 spiro atoms. The quantitative estimate of drug-likeness (QED) is 0.847. The molecule has 8 heteroatoms. The summed E-state index contributed by atoms with van der Waals surface area (Å²) in [5, 5.41) is 5.78. The Labute approximate surface area is 117 Å². The third kappa shape index (κ3) is 6.19. The molecule has 0 saturated heterocycles. The highest BCUT2D eigenvalue weighted by atomic mass is 35.5. The molecule has 0 radical (unpaired) electrons. The first-order valence-corrected chi connectivity index (χ1v) is 6.18. The first-order valence-electron chi connectivity index (χ1n) is 5.80. The molecule has 7 nitrogen and oxygen atoms in total. The number of methoxy groups -OCH3 is 1. The average molecular weight is 288 g/mol. The van der Waals surface area contributed by atoms with Crippen molar-refractivity contribution in [3.8, 4) is 6.01 Å². The second-order valence-electron chi connectivity index (χ2n) is 4.89. The summed E-state index contributed by atoms with van der Waals surface area (Å²) in [6.07, 6.45) is 0.308. The third-order valence-electron chi connectivity index (χ3n) is 1.92. The molecule has 0 aromatic carbocycles. The Kier molecular flexibility index (Phi) is 5.29. The number of nitrogens with zero attached hydrogens (tertiary/aromatic N) is 3. The van der Waals surface area contributed by atoms with Gasteiger partial charge in [-0.3, -0.25) is 4.79 Å². The monoisotopic (exact) mass is 287 g/mol. The number of carbonyl (C=O) groups excluding carboxylic acids is 1. The summed E-state index contributed by atoms with van der Waals surface area (Å²) < 4.78 is 4.86. The van der Waals surface area contributed by atoms with E-state index in [0.29, 0.717) is 13.0 Å². The van der Waals surface area contributed by atoms with E-state index in [1.807, 2.05) is 20.8 Å². The van der Waals surface area contributed by atoms with Crippen LogP contribution in [-0.2, 0) is 4.79 Å². The zero-order chi connectivity index (χ0) is 14.5. The maximum atomic E-state index is 11.6. The van der Waals surface area contributed by atoms with Gasteiger partial charge in [0, 0.05) is 18.5 Å². The van der Waals surface area contributed by atoms with Crippen molar-refractivity contribution in [3.05, 3.63) is 5.28 Å². The van der Waals surface area contributed by atoms with Crippen LogP contribution in [-0.4, -0.2) is 40.1 Å². The molecule has 1 aromatic heterocycles. The molecule has 0 aliphatic rings. The summed E-state index contributed by atoms with van der Waals surface area (Å²) in [6, 6.07) is 0.127. The van der Waals surface area contributed by atoms with Crippen molar-refractivity contribution < 1.29 is 9.53 Å². The second kappa shape index (κ2) is 6.51. The average Bonchev–Trinajstić information content (AvgIpc) is 2.25. The largest absolute Gasteiger partial charge is 0.467 e. The van der Waals surface area contributed by atoms with Gasteiger partial charge in [0.05, 0.1) is 7.11 Å². The fraction of sp³-hybridized carbons (Fsp3) is 0.636. The molecular formula is C11H18ClN5O2. The summed E-state index contributed by atoms with van der Waals surface area (Å²) in [5.41, 5.74) is -0.239. The van der Waals surface area contributed by atoms with Crippen molar-refractivity contribution in [3.63, 3.8) is 0 Å². The van der Waals surface area contributed by atoms with Crippen LogP contribution in [0.5, 0.6) is 6.01 Å². The molecule has 106 valence electrons. The number of ether oxygens (including phenoxy) is 1. The maximum absolute atomic E-state index is 11.6. The van der Waals surface area contributed by atoms with Crippen molar-refractivity contribution >= 4 is 23.5 Å². The minimum absolute atomic E-state index is 0.0356. The van der Waals surface area contributed by atoms with E-state index < -0.39 is 0 Å². The number of carbonyl (C=O) groups is 1. The number of hydrogen-bond acceptors (Lipinski definition) is 6. The van der Waals surface area contributed by atoms with Crippen LogP contribution in [0.15, 0.2) is 0 Å². The number of nitrogens with one attached hydrogen (secondary N) is 2. The van der Waals surface area contributed by atoms with E-state index in [-0.39, 0.29) is 28.7 Å². The van der Waals surface area contributed by atoms with Crippen LogP contribution in [0.1, 0.15) is 27.2 Å². The standard InChI is InChI=1S/C11H18ClN5O2/c1-11(2,3)17-7(18)5-6-13-9-14-8(12)15-10(16-9)19-4/h5-6H2,1-4H3,(H,17,18)(H,13,14,15,16). The molecule has 0 bridgehead atoms. The van der Waals surface area contributed by atoms with Crippen LogP contribution >= 0.6 is 11.6 Å². The first kappa shape index (κ1) is 15.4. The van der Waals surface area contributed by atoms with Gasteiger partial charge in [0.2, 0.25) is 17.1 Å². The highest BCUT2D eigenvalue weighted by molar-refractivity contribution is 6.28. The van der Waals surface area contributed by atoms with Crippen LogP contribution in [0.2, 0.25) is 5.28 Å². The molecule has 1 amide bonds. The summed E-state index contributed by atoms with van der Waals surface area (Å²) in [4.78, 5) is 23.2. The first-order chi connectivity index (χ1) is 8.80. The number of aromatic nitrogens is 3. The Hall–Kier alpha value is -1.63. The van der Waals surface area contributed by atoms with E-state index in [9.17, 15) is 4.79 Å². The van der Waals surface area contributed by atoms with Crippen molar-refractivity contribution in [2.45, 2.75) is 32.7 Å². The predicted octanol–water partition coefficient (Wildman–Crippen LogP) is 1.25. The zero-order valence-electron chi connectivity index (χ0n) is 11.5. The lowest BCUT2D eigenvalue weighted by Crippen LogP contribution is -2.41. The number of anilines is 1. The van der Waals surface area contributed by atoms with E-state index in [2.05, 4.69) is 25.6 Å². The summed E-state index contributed by atoms with van der Waals surface area (Å²) in [5.74, 6) is 0.229. The number of amides is 1. The summed E-state index contributed by atoms with van der Waals surface area (Å²) in [6.45, 7) is 6.17. The summed E-state index contributed by atoms with van der Waals surface area (Å²) in [7, 11) is 1.44. The Morgan fingerprint density at radius 2 is 2.00 bits per heavy atom. The topological polar surface area (TPSA) is 89.0 Å². The van der Waals surface area contributed by atoms with Crippen molar-refractivity contribution in [2.24, 2.45) is 0 Å². The number of hydrogen-bond donors (Lipinski definition) is 2. The van der Waals surface area contributed by atoms with E-state index in [4.69, 9.17) is 16.3 Å². The lowest BCUT2D eigenvalue weighted by molar-refractivity contribution is -0.122.